The maximum Gasteiger partial charge on any atom is 0.317 e. The van der Waals surface area contributed by atoms with Crippen LogP contribution in [-0.2, 0) is 13.5 Å². The molecule has 0 spiro atoms. The molecule has 3 aliphatic rings. The molecule has 0 radical (unpaired) electrons. The Morgan fingerprint density at radius 3 is 2.74 bits per heavy atom. The molecule has 5 N–H and O–H groups in total. The van der Waals surface area contributed by atoms with Gasteiger partial charge in [0.05, 0.1) is 24.9 Å². The smallest absolute Gasteiger partial charge is 0.317 e. The molecule has 2 aromatic rings. The standard InChI is InChI=1S/C27H36F2N8O/c1-31-27(38)36-11-7-23(34-19-5-8-32-9-6-19)22(16-36)26(30)37-10-3-4-17-12-20(18-14-33-35(2)15-18)21(25(28)29)13-24(17)37/h12-15,19,25,32H,3-11,16H2,1-2H3,(H3,30,31,34,38)/p+1. The van der Waals surface area contributed by atoms with Gasteiger partial charge < -0.3 is 20.9 Å². The number of urea groups is 1. The summed E-state index contributed by atoms with van der Waals surface area (Å²) >= 11 is 0. The van der Waals surface area contributed by atoms with Crippen molar-refractivity contribution >= 4 is 17.6 Å². The monoisotopic (exact) mass is 527 g/mol. The first-order valence-electron chi connectivity index (χ1n) is 13.4. The fourth-order valence-electron chi connectivity index (χ4n) is 5.75. The Bertz CT molecular complexity index is 1260. The van der Waals surface area contributed by atoms with Gasteiger partial charge in [-0.25, -0.2) is 18.2 Å². The topological polar surface area (TPSA) is 103 Å². The van der Waals surface area contributed by atoms with Crippen LogP contribution >= 0.6 is 0 Å². The van der Waals surface area contributed by atoms with Crippen molar-refractivity contribution in [2.24, 2.45) is 12.8 Å². The van der Waals surface area contributed by atoms with Crippen LogP contribution in [-0.4, -0.2) is 76.9 Å². The highest BCUT2D eigenvalue weighted by atomic mass is 19.3. The Kier molecular flexibility index (Phi) is 7.64. The van der Waals surface area contributed by atoms with E-state index >= 15 is 0 Å². The molecule has 1 aromatic carbocycles. The summed E-state index contributed by atoms with van der Waals surface area (Å²) < 4.78 is 32.2. The van der Waals surface area contributed by atoms with Crippen LogP contribution in [0.4, 0.5) is 19.3 Å². The van der Waals surface area contributed by atoms with Crippen molar-refractivity contribution in [3.05, 3.63) is 46.9 Å². The summed E-state index contributed by atoms with van der Waals surface area (Å²) in [4.78, 5) is 14.3. The first-order chi connectivity index (χ1) is 18.4. The number of piperidine rings is 1. The number of hydrogen-bond acceptors (Lipinski definition) is 4. The third-order valence-corrected chi connectivity index (χ3v) is 7.78. The number of hydrogen-bond donors (Lipinski definition) is 4. The lowest BCUT2D eigenvalue weighted by molar-refractivity contribution is -0.447. The van der Waals surface area contributed by atoms with Crippen LogP contribution in [0.2, 0.25) is 0 Å². The lowest BCUT2D eigenvalue weighted by Crippen LogP contribution is -2.49. The van der Waals surface area contributed by atoms with Gasteiger partial charge in [0, 0.05) is 56.1 Å². The molecule has 0 bridgehead atoms. The van der Waals surface area contributed by atoms with E-state index in [9.17, 15) is 13.6 Å². The molecule has 0 aliphatic carbocycles. The summed E-state index contributed by atoms with van der Waals surface area (Å²) in [6.07, 6.45) is 5.04. The average Bonchev–Trinajstić information content (AvgIpc) is 3.38. The third kappa shape index (κ3) is 5.24. The Hall–Kier alpha value is -3.47. The first kappa shape index (κ1) is 26.1. The van der Waals surface area contributed by atoms with Gasteiger partial charge in [0.25, 0.3) is 12.3 Å². The molecule has 5 rings (SSSR count). The number of carbonyl (C=O) groups is 1. The highest BCUT2D eigenvalue weighted by Gasteiger charge is 2.32. The van der Waals surface area contributed by atoms with Crippen molar-refractivity contribution in [1.29, 1.82) is 0 Å². The molecule has 4 heterocycles. The Morgan fingerprint density at radius 1 is 1.26 bits per heavy atom. The van der Waals surface area contributed by atoms with Gasteiger partial charge in [-0.05, 0) is 62.0 Å². The maximum absolute atomic E-state index is 14.3. The van der Waals surface area contributed by atoms with Gasteiger partial charge in [-0.3, -0.25) is 10.4 Å². The van der Waals surface area contributed by atoms with Crippen molar-refractivity contribution in [3.8, 4) is 11.1 Å². The maximum atomic E-state index is 14.3. The number of amidine groups is 1. The molecule has 9 nitrogen and oxygen atoms in total. The predicted octanol–water partition coefficient (Wildman–Crippen LogP) is 2.61. The molecule has 11 heteroatoms. The van der Waals surface area contributed by atoms with Crippen molar-refractivity contribution in [1.82, 2.24) is 30.6 Å². The number of nitrogens with two attached hydrogens (primary N) is 1. The van der Waals surface area contributed by atoms with Crippen molar-refractivity contribution in [3.63, 3.8) is 0 Å². The second kappa shape index (κ2) is 11.1. The molecule has 0 atom stereocenters. The molecule has 38 heavy (non-hydrogen) atoms. The minimum Gasteiger partial charge on any atom is -0.385 e. The number of amides is 2. The highest BCUT2D eigenvalue weighted by molar-refractivity contribution is 5.96. The number of aromatic nitrogens is 2. The summed E-state index contributed by atoms with van der Waals surface area (Å²) in [6, 6.07) is 3.64. The van der Waals surface area contributed by atoms with Crippen LogP contribution in [0.1, 0.15) is 43.2 Å². The molecule has 204 valence electrons. The van der Waals surface area contributed by atoms with E-state index in [2.05, 4.69) is 21.0 Å². The minimum absolute atomic E-state index is 0.0332. The summed E-state index contributed by atoms with van der Waals surface area (Å²) in [7, 11) is 3.39. The quantitative estimate of drug-likeness (QED) is 0.354. The number of halogens is 2. The van der Waals surface area contributed by atoms with E-state index in [-0.39, 0.29) is 11.6 Å². The zero-order valence-electron chi connectivity index (χ0n) is 22.1. The van der Waals surface area contributed by atoms with Crippen molar-refractivity contribution < 1.29 is 18.2 Å². The number of nitrogens with one attached hydrogen (secondary N) is 3. The van der Waals surface area contributed by atoms with Gasteiger partial charge in [-0.1, -0.05) is 0 Å². The SMILES string of the molecule is CNC(=O)N1CCC(NC2CCNCC2)=C(C(N)=[N+]2CCCc3cc(-c4cnn(C)c4)c(C(F)F)cc32)C1. The van der Waals surface area contributed by atoms with Crippen LogP contribution in [0.5, 0.6) is 0 Å². The molecule has 1 aromatic heterocycles. The summed E-state index contributed by atoms with van der Waals surface area (Å²) in [5, 5.41) is 14.0. The fourth-order valence-corrected chi connectivity index (χ4v) is 5.75. The second-order valence-corrected chi connectivity index (χ2v) is 10.3. The predicted molar refractivity (Wildman–Crippen MR) is 143 cm³/mol. The normalized spacial score (nSPS) is 20.0. The summed E-state index contributed by atoms with van der Waals surface area (Å²) in [5.74, 6) is 0.519. The molecular weight excluding hydrogens is 490 g/mol. The molecule has 0 saturated carbocycles. The molecule has 1 fully saturated rings. The van der Waals surface area contributed by atoms with E-state index in [1.807, 2.05) is 10.6 Å². The van der Waals surface area contributed by atoms with Crippen LogP contribution in [0.15, 0.2) is 35.8 Å². The average molecular weight is 528 g/mol. The van der Waals surface area contributed by atoms with E-state index in [4.69, 9.17) is 5.73 Å². The van der Waals surface area contributed by atoms with Crippen molar-refractivity contribution in [2.45, 2.75) is 44.6 Å². The van der Waals surface area contributed by atoms with Gasteiger partial charge in [0.15, 0.2) is 0 Å². The molecular formula is C27H37F2N8O+. The Morgan fingerprint density at radius 2 is 2.05 bits per heavy atom. The highest BCUT2D eigenvalue weighted by Crippen LogP contribution is 2.38. The Balaban J connectivity index is 1.59. The molecule has 0 unspecified atom stereocenters. The van der Waals surface area contributed by atoms with E-state index < -0.39 is 6.43 Å². The lowest BCUT2D eigenvalue weighted by Gasteiger charge is -2.33. The molecule has 1 saturated heterocycles. The number of fused-ring (bicyclic) bond motifs is 1. The number of benzene rings is 1. The van der Waals surface area contributed by atoms with Gasteiger partial charge >= 0.3 is 6.03 Å². The zero-order chi connectivity index (χ0) is 26.8. The third-order valence-electron chi connectivity index (χ3n) is 7.78. The van der Waals surface area contributed by atoms with Crippen LogP contribution in [0.25, 0.3) is 11.1 Å². The van der Waals surface area contributed by atoms with Crippen molar-refractivity contribution in [2.75, 3.05) is 39.8 Å². The van der Waals surface area contributed by atoms with Gasteiger partial charge in [0.1, 0.15) is 5.69 Å². The van der Waals surface area contributed by atoms with Gasteiger partial charge in [-0.15, -0.1) is 0 Å². The van der Waals surface area contributed by atoms with E-state index in [1.165, 1.54) is 0 Å². The number of carbonyl (C=O) groups excluding carboxylic acids is 1. The summed E-state index contributed by atoms with van der Waals surface area (Å²) in [6.45, 7) is 3.49. The molecule has 3 aliphatic heterocycles. The number of nitrogens with zero attached hydrogens (tertiary/aromatic N) is 4. The number of alkyl halides is 2. The second-order valence-electron chi connectivity index (χ2n) is 10.3. The minimum atomic E-state index is -2.64. The van der Waals surface area contributed by atoms with Gasteiger partial charge in [0.2, 0.25) is 0 Å². The Labute approximate surface area is 221 Å². The largest absolute Gasteiger partial charge is 0.385 e. The van der Waals surface area contributed by atoms with E-state index in [0.29, 0.717) is 54.7 Å². The first-order valence-corrected chi connectivity index (χ1v) is 13.4. The number of aryl methyl sites for hydroxylation is 2. The summed E-state index contributed by atoms with van der Waals surface area (Å²) in [5.41, 5.74) is 11.6. The van der Waals surface area contributed by atoms with E-state index in [0.717, 1.165) is 55.6 Å². The van der Waals surface area contributed by atoms with Crippen LogP contribution in [0.3, 0.4) is 0 Å². The molecule has 2 amide bonds. The van der Waals surface area contributed by atoms with E-state index in [1.54, 1.807) is 42.1 Å². The van der Waals surface area contributed by atoms with Gasteiger partial charge in [-0.2, -0.15) is 5.10 Å². The zero-order valence-corrected chi connectivity index (χ0v) is 22.1. The lowest BCUT2D eigenvalue weighted by atomic mass is 9.93. The fraction of sp³-hybridized carbons (Fsp3) is 0.519. The van der Waals surface area contributed by atoms with Crippen LogP contribution in [0, 0.1) is 0 Å². The van der Waals surface area contributed by atoms with Crippen LogP contribution < -0.4 is 21.7 Å². The number of rotatable bonds is 5.